The van der Waals surface area contributed by atoms with Gasteiger partial charge in [0.2, 0.25) is 11.8 Å². The maximum absolute atomic E-state index is 13.6. The SMILES string of the molecule is CC[C@@H](NC(=O)c1ccc(-c2ccccc2)c(OC)n1)C(=O)N1CCC2(C1)CC2(F)F. The number of carbonyl (C=O) groups excluding carboxylic acids is 2. The first kappa shape index (κ1) is 21.2. The van der Waals surface area contributed by atoms with Gasteiger partial charge in [0.1, 0.15) is 11.7 Å². The summed E-state index contributed by atoms with van der Waals surface area (Å²) < 4.78 is 32.6. The Kier molecular flexibility index (Phi) is 5.41. The molecule has 2 aliphatic rings. The van der Waals surface area contributed by atoms with E-state index in [-0.39, 0.29) is 24.6 Å². The summed E-state index contributed by atoms with van der Waals surface area (Å²) in [5.74, 6) is -3.23. The molecule has 4 rings (SSSR count). The van der Waals surface area contributed by atoms with E-state index in [1.807, 2.05) is 30.3 Å². The van der Waals surface area contributed by atoms with Crippen LogP contribution in [0.3, 0.4) is 0 Å². The van der Waals surface area contributed by atoms with Crippen LogP contribution in [0, 0.1) is 5.41 Å². The highest BCUT2D eigenvalue weighted by Crippen LogP contribution is 2.65. The van der Waals surface area contributed by atoms with Gasteiger partial charge in [0.05, 0.1) is 12.5 Å². The molecule has 1 aliphatic carbocycles. The minimum atomic E-state index is -2.69. The van der Waals surface area contributed by atoms with Gasteiger partial charge in [0.15, 0.2) is 0 Å². The largest absolute Gasteiger partial charge is 0.481 e. The van der Waals surface area contributed by atoms with Crippen molar-refractivity contribution >= 4 is 11.8 Å². The second-order valence-electron chi connectivity index (χ2n) is 8.22. The number of benzene rings is 1. The zero-order valence-electron chi connectivity index (χ0n) is 17.5. The molecule has 2 heterocycles. The third-order valence-electron chi connectivity index (χ3n) is 6.26. The maximum atomic E-state index is 13.6. The van der Waals surface area contributed by atoms with Gasteiger partial charge in [-0.3, -0.25) is 9.59 Å². The van der Waals surface area contributed by atoms with Gasteiger partial charge < -0.3 is 15.0 Å². The number of methoxy groups -OCH3 is 1. The predicted octanol–water partition coefficient (Wildman–Crippen LogP) is 3.52. The zero-order valence-corrected chi connectivity index (χ0v) is 17.5. The van der Waals surface area contributed by atoms with E-state index < -0.39 is 23.3 Å². The number of halogens is 2. The lowest BCUT2D eigenvalue weighted by Gasteiger charge is -2.23. The third-order valence-corrected chi connectivity index (χ3v) is 6.26. The zero-order chi connectivity index (χ0) is 22.2. The number of pyridine rings is 1. The summed E-state index contributed by atoms with van der Waals surface area (Å²) in [5.41, 5.74) is 0.706. The summed E-state index contributed by atoms with van der Waals surface area (Å²) in [4.78, 5) is 31.4. The fraction of sp³-hybridized carbons (Fsp3) is 0.435. The van der Waals surface area contributed by atoms with E-state index >= 15 is 0 Å². The lowest BCUT2D eigenvalue weighted by Crippen LogP contribution is -2.48. The minimum Gasteiger partial charge on any atom is -0.481 e. The molecule has 0 bridgehead atoms. The number of nitrogens with one attached hydrogen (secondary N) is 1. The first-order valence-corrected chi connectivity index (χ1v) is 10.4. The summed E-state index contributed by atoms with van der Waals surface area (Å²) in [6.07, 6.45) is 0.490. The molecular formula is C23H25F2N3O3. The number of hydrogen-bond acceptors (Lipinski definition) is 4. The number of likely N-dealkylation sites (tertiary alicyclic amines) is 1. The van der Waals surface area contributed by atoms with Crippen molar-refractivity contribution in [2.75, 3.05) is 20.2 Å². The van der Waals surface area contributed by atoms with Crippen molar-refractivity contribution in [1.29, 1.82) is 0 Å². The molecule has 1 saturated heterocycles. The summed E-state index contributed by atoms with van der Waals surface area (Å²) in [6, 6.07) is 12.1. The first-order chi connectivity index (χ1) is 14.8. The fourth-order valence-electron chi connectivity index (χ4n) is 4.24. The molecule has 164 valence electrons. The lowest BCUT2D eigenvalue weighted by atomic mass is 10.1. The summed E-state index contributed by atoms with van der Waals surface area (Å²) >= 11 is 0. The Morgan fingerprint density at radius 3 is 2.52 bits per heavy atom. The molecule has 1 saturated carbocycles. The highest BCUT2D eigenvalue weighted by molar-refractivity contribution is 5.96. The fourth-order valence-corrected chi connectivity index (χ4v) is 4.24. The molecule has 6 nitrogen and oxygen atoms in total. The molecule has 2 atom stereocenters. The van der Waals surface area contributed by atoms with Crippen LogP contribution in [0.5, 0.6) is 5.88 Å². The van der Waals surface area contributed by atoms with E-state index in [1.165, 1.54) is 12.0 Å². The normalized spacial score (nSPS) is 22.3. The summed E-state index contributed by atoms with van der Waals surface area (Å²) in [6.45, 7) is 2.11. The van der Waals surface area contributed by atoms with Crippen molar-refractivity contribution < 1.29 is 23.1 Å². The van der Waals surface area contributed by atoms with Crippen molar-refractivity contribution in [2.45, 2.75) is 38.2 Å². The number of rotatable bonds is 6. The van der Waals surface area contributed by atoms with Gasteiger partial charge in [0.25, 0.3) is 11.8 Å². The van der Waals surface area contributed by atoms with Crippen molar-refractivity contribution in [3.8, 4) is 17.0 Å². The Hall–Kier alpha value is -3.03. The number of carbonyl (C=O) groups is 2. The molecule has 2 fully saturated rings. The minimum absolute atomic E-state index is 0.0447. The van der Waals surface area contributed by atoms with Crippen LogP contribution < -0.4 is 10.1 Å². The first-order valence-electron chi connectivity index (χ1n) is 10.4. The summed E-state index contributed by atoms with van der Waals surface area (Å²) in [7, 11) is 1.48. The highest BCUT2D eigenvalue weighted by Gasteiger charge is 2.73. The van der Waals surface area contributed by atoms with Gasteiger partial charge in [-0.1, -0.05) is 37.3 Å². The van der Waals surface area contributed by atoms with Crippen molar-refractivity contribution in [3.63, 3.8) is 0 Å². The Morgan fingerprint density at radius 2 is 1.94 bits per heavy atom. The second-order valence-corrected chi connectivity index (χ2v) is 8.22. The highest BCUT2D eigenvalue weighted by atomic mass is 19.3. The third kappa shape index (κ3) is 3.86. The van der Waals surface area contributed by atoms with Crippen LogP contribution in [0.15, 0.2) is 42.5 Å². The quantitative estimate of drug-likeness (QED) is 0.763. The van der Waals surface area contributed by atoms with Crippen molar-refractivity contribution in [3.05, 3.63) is 48.2 Å². The number of ether oxygens (including phenoxy) is 1. The van der Waals surface area contributed by atoms with Crippen LogP contribution in [0.1, 0.15) is 36.7 Å². The van der Waals surface area contributed by atoms with Gasteiger partial charge in [-0.15, -0.1) is 0 Å². The molecule has 1 N–H and O–H groups in total. The topological polar surface area (TPSA) is 71.5 Å². The van der Waals surface area contributed by atoms with Crippen LogP contribution in [-0.4, -0.2) is 53.9 Å². The molecule has 1 aromatic heterocycles. The Labute approximate surface area is 179 Å². The van der Waals surface area contributed by atoms with Gasteiger partial charge in [-0.2, -0.15) is 0 Å². The van der Waals surface area contributed by atoms with E-state index in [2.05, 4.69) is 10.3 Å². The monoisotopic (exact) mass is 429 g/mol. The molecule has 1 unspecified atom stereocenters. The molecule has 8 heteroatoms. The van der Waals surface area contributed by atoms with Crippen molar-refractivity contribution in [1.82, 2.24) is 15.2 Å². The van der Waals surface area contributed by atoms with E-state index in [4.69, 9.17) is 4.74 Å². The molecule has 1 aliphatic heterocycles. The van der Waals surface area contributed by atoms with Gasteiger partial charge in [0, 0.05) is 25.1 Å². The standard InChI is InChI=1S/C23H25F2N3O3/c1-3-17(21(30)28-12-11-22(14-28)13-23(22,24)25)26-19(29)18-10-9-16(20(27-18)31-2)15-7-5-4-6-8-15/h4-10,17H,3,11-14H2,1-2H3,(H,26,29)/t17-,22?/m1/s1. The maximum Gasteiger partial charge on any atom is 0.270 e. The van der Waals surface area contributed by atoms with Gasteiger partial charge >= 0.3 is 0 Å². The van der Waals surface area contributed by atoms with E-state index in [0.29, 0.717) is 25.3 Å². The Morgan fingerprint density at radius 1 is 1.23 bits per heavy atom. The smallest absolute Gasteiger partial charge is 0.270 e. The number of hydrogen-bond donors (Lipinski definition) is 1. The average Bonchev–Trinajstić information content (AvgIpc) is 3.10. The predicted molar refractivity (Wildman–Crippen MR) is 111 cm³/mol. The van der Waals surface area contributed by atoms with E-state index in [9.17, 15) is 18.4 Å². The molecule has 1 aromatic carbocycles. The van der Waals surface area contributed by atoms with E-state index in [0.717, 1.165) is 11.1 Å². The summed E-state index contributed by atoms with van der Waals surface area (Å²) in [5, 5.41) is 2.70. The number of alkyl halides is 2. The van der Waals surface area contributed by atoms with Gasteiger partial charge in [-0.05, 0) is 30.5 Å². The molecule has 2 amide bonds. The molecule has 0 radical (unpaired) electrons. The second kappa shape index (κ2) is 7.90. The van der Waals surface area contributed by atoms with Crippen molar-refractivity contribution in [2.24, 2.45) is 5.41 Å². The lowest BCUT2D eigenvalue weighted by molar-refractivity contribution is -0.132. The molecule has 31 heavy (non-hydrogen) atoms. The molecule has 1 spiro atoms. The van der Waals surface area contributed by atoms with E-state index in [1.54, 1.807) is 19.1 Å². The Bertz CT molecular complexity index is 999. The number of amides is 2. The molecular weight excluding hydrogens is 404 g/mol. The van der Waals surface area contributed by atoms with Crippen LogP contribution in [0.25, 0.3) is 11.1 Å². The molecule has 2 aromatic rings. The van der Waals surface area contributed by atoms with Crippen LogP contribution in [0.2, 0.25) is 0 Å². The van der Waals surface area contributed by atoms with Crippen LogP contribution in [-0.2, 0) is 4.79 Å². The average molecular weight is 429 g/mol. The van der Waals surface area contributed by atoms with Crippen LogP contribution >= 0.6 is 0 Å². The van der Waals surface area contributed by atoms with Crippen LogP contribution in [0.4, 0.5) is 8.78 Å². The Balaban J connectivity index is 1.46. The van der Waals surface area contributed by atoms with Gasteiger partial charge in [-0.25, -0.2) is 13.8 Å². The number of nitrogens with zero attached hydrogens (tertiary/aromatic N) is 2. The number of aromatic nitrogens is 1.